The Kier molecular flexibility index (Phi) is 11.2. The van der Waals surface area contributed by atoms with Crippen molar-refractivity contribution in [1.29, 1.82) is 0 Å². The molecule has 1 aliphatic carbocycles. The Hall–Kier alpha value is -0.120. The summed E-state index contributed by atoms with van der Waals surface area (Å²) in [6.45, 7) is 13.2. The molecule has 1 aliphatic rings. The number of unbranched alkanes of at least 4 members (excludes halogenated alkanes) is 1. The molecule has 132 valence electrons. The van der Waals surface area contributed by atoms with E-state index in [4.69, 9.17) is 14.2 Å². The fourth-order valence-electron chi connectivity index (χ4n) is 3.65. The lowest BCUT2D eigenvalue weighted by molar-refractivity contribution is -0.0654. The van der Waals surface area contributed by atoms with Crippen LogP contribution in [0.25, 0.3) is 0 Å². The number of hydrogen-bond donors (Lipinski definition) is 0. The van der Waals surface area contributed by atoms with Gasteiger partial charge in [0.25, 0.3) is 0 Å². The molecule has 3 unspecified atom stereocenters. The summed E-state index contributed by atoms with van der Waals surface area (Å²) in [6, 6.07) is 0. The highest BCUT2D eigenvalue weighted by atomic mass is 16.5. The normalized spacial score (nSPS) is 25.8. The average Bonchev–Trinajstić information content (AvgIpc) is 2.48. The summed E-state index contributed by atoms with van der Waals surface area (Å²) in [6.07, 6.45) is 7.67. The molecule has 3 nitrogen and oxygen atoms in total. The fourth-order valence-corrected chi connectivity index (χ4v) is 3.65. The van der Waals surface area contributed by atoms with Crippen molar-refractivity contribution in [2.24, 2.45) is 17.8 Å². The number of rotatable bonds is 12. The maximum atomic E-state index is 6.13. The van der Waals surface area contributed by atoms with Gasteiger partial charge in [-0.1, -0.05) is 47.0 Å². The van der Waals surface area contributed by atoms with Gasteiger partial charge in [0, 0.05) is 19.8 Å². The Balaban J connectivity index is 2.01. The quantitative estimate of drug-likeness (QED) is 0.489. The SMILES string of the molecule is CCCCOCCCOCCOC1CCCC(C)C1C(C)C. The van der Waals surface area contributed by atoms with Gasteiger partial charge in [0.05, 0.1) is 19.3 Å². The monoisotopic (exact) mass is 314 g/mol. The van der Waals surface area contributed by atoms with Crippen LogP contribution in [0.3, 0.4) is 0 Å². The molecule has 0 aromatic rings. The van der Waals surface area contributed by atoms with Crippen molar-refractivity contribution in [1.82, 2.24) is 0 Å². The molecule has 0 spiro atoms. The minimum absolute atomic E-state index is 0.435. The molecule has 3 atom stereocenters. The van der Waals surface area contributed by atoms with Crippen molar-refractivity contribution in [3.8, 4) is 0 Å². The van der Waals surface area contributed by atoms with Gasteiger partial charge in [-0.3, -0.25) is 0 Å². The summed E-state index contributed by atoms with van der Waals surface area (Å²) in [4.78, 5) is 0. The van der Waals surface area contributed by atoms with E-state index in [1.165, 1.54) is 25.7 Å². The molecule has 0 aromatic carbocycles. The first-order chi connectivity index (χ1) is 10.7. The predicted octanol–water partition coefficient (Wildman–Crippen LogP) is 4.69. The summed E-state index contributed by atoms with van der Waals surface area (Å²) in [7, 11) is 0. The van der Waals surface area contributed by atoms with Crippen LogP contribution >= 0.6 is 0 Å². The molecule has 22 heavy (non-hydrogen) atoms. The Morgan fingerprint density at radius 3 is 2.27 bits per heavy atom. The number of hydrogen-bond acceptors (Lipinski definition) is 3. The maximum absolute atomic E-state index is 6.13. The van der Waals surface area contributed by atoms with Crippen LogP contribution in [0, 0.1) is 17.8 Å². The van der Waals surface area contributed by atoms with E-state index in [1.54, 1.807) is 0 Å². The fraction of sp³-hybridized carbons (Fsp3) is 1.00. The second-order valence-corrected chi connectivity index (χ2v) is 7.07. The van der Waals surface area contributed by atoms with Gasteiger partial charge in [-0.15, -0.1) is 0 Å². The van der Waals surface area contributed by atoms with E-state index in [-0.39, 0.29) is 0 Å². The van der Waals surface area contributed by atoms with Crippen molar-refractivity contribution in [3.05, 3.63) is 0 Å². The van der Waals surface area contributed by atoms with E-state index in [1.807, 2.05) is 0 Å². The highest BCUT2D eigenvalue weighted by molar-refractivity contribution is 4.82. The van der Waals surface area contributed by atoms with Crippen LogP contribution in [-0.2, 0) is 14.2 Å². The van der Waals surface area contributed by atoms with Crippen LogP contribution in [0.15, 0.2) is 0 Å². The Morgan fingerprint density at radius 2 is 1.59 bits per heavy atom. The van der Waals surface area contributed by atoms with Gasteiger partial charge in [-0.2, -0.15) is 0 Å². The highest BCUT2D eigenvalue weighted by Gasteiger charge is 2.33. The predicted molar refractivity (Wildman–Crippen MR) is 92.2 cm³/mol. The van der Waals surface area contributed by atoms with Crippen molar-refractivity contribution in [2.45, 2.75) is 72.3 Å². The summed E-state index contributed by atoms with van der Waals surface area (Å²) in [5, 5.41) is 0. The molecule has 0 heterocycles. The summed E-state index contributed by atoms with van der Waals surface area (Å²) < 4.78 is 17.3. The molecular weight excluding hydrogens is 276 g/mol. The largest absolute Gasteiger partial charge is 0.381 e. The van der Waals surface area contributed by atoms with E-state index in [9.17, 15) is 0 Å². The minimum atomic E-state index is 0.435. The molecule has 0 N–H and O–H groups in total. The Labute approximate surface area is 138 Å². The van der Waals surface area contributed by atoms with Crippen LogP contribution in [0.2, 0.25) is 0 Å². The van der Waals surface area contributed by atoms with E-state index in [2.05, 4.69) is 27.7 Å². The Bertz CT molecular complexity index is 255. The zero-order valence-electron chi connectivity index (χ0n) is 15.3. The molecule has 0 amide bonds. The lowest BCUT2D eigenvalue weighted by Gasteiger charge is -2.39. The van der Waals surface area contributed by atoms with Crippen LogP contribution in [0.5, 0.6) is 0 Å². The van der Waals surface area contributed by atoms with Crippen molar-refractivity contribution < 1.29 is 14.2 Å². The van der Waals surface area contributed by atoms with E-state index >= 15 is 0 Å². The van der Waals surface area contributed by atoms with E-state index < -0.39 is 0 Å². The first-order valence-corrected chi connectivity index (χ1v) is 9.43. The van der Waals surface area contributed by atoms with Crippen molar-refractivity contribution >= 4 is 0 Å². The third-order valence-corrected chi connectivity index (χ3v) is 4.78. The van der Waals surface area contributed by atoms with Gasteiger partial charge < -0.3 is 14.2 Å². The van der Waals surface area contributed by atoms with E-state index in [0.717, 1.165) is 45.2 Å². The molecule has 0 saturated heterocycles. The summed E-state index contributed by atoms with van der Waals surface area (Å²) in [5.41, 5.74) is 0. The van der Waals surface area contributed by atoms with Gasteiger partial charge in [0.15, 0.2) is 0 Å². The lowest BCUT2D eigenvalue weighted by Crippen LogP contribution is -2.37. The molecule has 3 heteroatoms. The standard InChI is InChI=1S/C19H38O3/c1-5-6-11-20-12-8-13-21-14-15-22-18-10-7-9-17(4)19(18)16(2)3/h16-19H,5-15H2,1-4H3. The highest BCUT2D eigenvalue weighted by Crippen LogP contribution is 2.36. The van der Waals surface area contributed by atoms with Gasteiger partial charge in [-0.05, 0) is 37.0 Å². The lowest BCUT2D eigenvalue weighted by atomic mass is 9.72. The topological polar surface area (TPSA) is 27.7 Å². The minimum Gasteiger partial charge on any atom is -0.381 e. The van der Waals surface area contributed by atoms with Gasteiger partial charge in [0.2, 0.25) is 0 Å². The van der Waals surface area contributed by atoms with Crippen LogP contribution in [0.4, 0.5) is 0 Å². The smallest absolute Gasteiger partial charge is 0.0704 e. The molecule has 1 fully saturated rings. The average molecular weight is 315 g/mol. The molecule has 0 aromatic heterocycles. The van der Waals surface area contributed by atoms with Crippen LogP contribution in [0.1, 0.15) is 66.2 Å². The molecule has 0 bridgehead atoms. The zero-order chi connectivity index (χ0) is 16.2. The number of ether oxygens (including phenoxy) is 3. The van der Waals surface area contributed by atoms with Gasteiger partial charge in [-0.25, -0.2) is 0 Å². The zero-order valence-corrected chi connectivity index (χ0v) is 15.3. The second-order valence-electron chi connectivity index (χ2n) is 7.07. The molecule has 1 saturated carbocycles. The van der Waals surface area contributed by atoms with E-state index in [0.29, 0.717) is 24.5 Å². The molecule has 0 radical (unpaired) electrons. The van der Waals surface area contributed by atoms with Gasteiger partial charge in [0.1, 0.15) is 0 Å². The van der Waals surface area contributed by atoms with Crippen molar-refractivity contribution in [3.63, 3.8) is 0 Å². The summed E-state index contributed by atoms with van der Waals surface area (Å²) in [5.74, 6) is 2.21. The van der Waals surface area contributed by atoms with Crippen molar-refractivity contribution in [2.75, 3.05) is 33.0 Å². The first kappa shape index (κ1) is 19.9. The van der Waals surface area contributed by atoms with Crippen LogP contribution < -0.4 is 0 Å². The molecule has 0 aliphatic heterocycles. The van der Waals surface area contributed by atoms with Gasteiger partial charge >= 0.3 is 0 Å². The second kappa shape index (κ2) is 12.3. The third kappa shape index (κ3) is 7.94. The maximum Gasteiger partial charge on any atom is 0.0704 e. The molecule has 1 rings (SSSR count). The Morgan fingerprint density at radius 1 is 0.909 bits per heavy atom. The third-order valence-electron chi connectivity index (χ3n) is 4.78. The van der Waals surface area contributed by atoms with Crippen LogP contribution in [-0.4, -0.2) is 39.1 Å². The molecular formula is C19H38O3. The summed E-state index contributed by atoms with van der Waals surface area (Å²) >= 11 is 0. The first-order valence-electron chi connectivity index (χ1n) is 9.43.